The molecule has 0 saturated carbocycles. The minimum Gasteiger partial charge on any atom is -0.342 e. The summed E-state index contributed by atoms with van der Waals surface area (Å²) in [4.78, 5) is 20.8. The fourth-order valence-corrected chi connectivity index (χ4v) is 2.53. The zero-order valence-electron chi connectivity index (χ0n) is 10.5. The molecule has 3 rings (SSSR count). The average molecular weight is 243 g/mol. The maximum absolute atomic E-state index is 12.3. The first kappa shape index (κ1) is 11.3. The van der Waals surface area contributed by atoms with Gasteiger partial charge >= 0.3 is 0 Å². The van der Waals surface area contributed by atoms with Crippen LogP contribution in [0.5, 0.6) is 0 Å². The Labute approximate surface area is 107 Å². The third-order valence-corrected chi connectivity index (χ3v) is 3.49. The summed E-state index contributed by atoms with van der Waals surface area (Å²) in [6, 6.07) is 9.52. The first-order chi connectivity index (χ1) is 8.77. The molecule has 94 valence electrons. The number of anilines is 1. The molecule has 0 N–H and O–H groups in total. The van der Waals surface area contributed by atoms with Crippen LogP contribution in [-0.4, -0.2) is 35.9 Å². The molecule has 0 radical (unpaired) electrons. The van der Waals surface area contributed by atoms with Crippen molar-refractivity contribution in [3.05, 3.63) is 30.3 Å². The molecular formula is C14H17N3O. The van der Waals surface area contributed by atoms with E-state index in [2.05, 4.69) is 9.89 Å². The Bertz CT molecular complexity index is 477. The molecule has 2 aliphatic rings. The van der Waals surface area contributed by atoms with Crippen molar-refractivity contribution in [3.63, 3.8) is 0 Å². The first-order valence-corrected chi connectivity index (χ1v) is 6.49. The van der Waals surface area contributed by atoms with Gasteiger partial charge in [0.2, 0.25) is 5.96 Å². The molecule has 0 bridgehead atoms. The molecular weight excluding hydrogens is 226 g/mol. The quantitative estimate of drug-likeness (QED) is 0.755. The smallest absolute Gasteiger partial charge is 0.258 e. The fourth-order valence-electron chi connectivity index (χ4n) is 2.53. The molecule has 0 aromatic heterocycles. The highest BCUT2D eigenvalue weighted by Gasteiger charge is 2.36. The normalized spacial score (nSPS) is 23.7. The van der Waals surface area contributed by atoms with Gasteiger partial charge in [0.1, 0.15) is 6.04 Å². The predicted octanol–water partition coefficient (Wildman–Crippen LogP) is 1.87. The van der Waals surface area contributed by atoms with E-state index in [-0.39, 0.29) is 11.9 Å². The van der Waals surface area contributed by atoms with Gasteiger partial charge in [-0.3, -0.25) is 4.79 Å². The van der Waals surface area contributed by atoms with Crippen molar-refractivity contribution >= 4 is 17.6 Å². The summed E-state index contributed by atoms with van der Waals surface area (Å²) in [6.45, 7) is 3.87. The van der Waals surface area contributed by atoms with E-state index in [4.69, 9.17) is 0 Å². The number of guanidine groups is 1. The molecule has 1 amide bonds. The van der Waals surface area contributed by atoms with Gasteiger partial charge in [-0.2, -0.15) is 0 Å². The Balaban J connectivity index is 1.95. The lowest BCUT2D eigenvalue weighted by Crippen LogP contribution is -2.43. The van der Waals surface area contributed by atoms with Gasteiger partial charge in [-0.15, -0.1) is 0 Å². The van der Waals surface area contributed by atoms with Crippen LogP contribution in [0.3, 0.4) is 0 Å². The third kappa shape index (κ3) is 1.78. The minimum atomic E-state index is -0.263. The number of carbonyl (C=O) groups is 1. The molecule has 1 aromatic carbocycles. The second kappa shape index (κ2) is 4.44. The number of benzene rings is 1. The van der Waals surface area contributed by atoms with E-state index in [0.29, 0.717) is 0 Å². The van der Waals surface area contributed by atoms with Gasteiger partial charge in [0.25, 0.3) is 5.91 Å². The van der Waals surface area contributed by atoms with E-state index >= 15 is 0 Å². The zero-order chi connectivity index (χ0) is 12.5. The molecule has 1 unspecified atom stereocenters. The average Bonchev–Trinajstić information content (AvgIpc) is 3.00. The first-order valence-electron chi connectivity index (χ1n) is 6.49. The van der Waals surface area contributed by atoms with E-state index in [0.717, 1.165) is 24.7 Å². The van der Waals surface area contributed by atoms with E-state index in [1.165, 1.54) is 12.8 Å². The summed E-state index contributed by atoms with van der Waals surface area (Å²) >= 11 is 0. The van der Waals surface area contributed by atoms with Crippen LogP contribution in [0.15, 0.2) is 35.3 Å². The Kier molecular flexibility index (Phi) is 2.78. The highest BCUT2D eigenvalue weighted by Crippen LogP contribution is 2.24. The lowest BCUT2D eigenvalue weighted by molar-refractivity contribution is -0.117. The number of rotatable bonds is 1. The number of nitrogens with zero attached hydrogens (tertiary/aromatic N) is 3. The zero-order valence-corrected chi connectivity index (χ0v) is 10.5. The summed E-state index contributed by atoms with van der Waals surface area (Å²) < 4.78 is 0. The summed E-state index contributed by atoms with van der Waals surface area (Å²) in [7, 11) is 0. The molecule has 4 nitrogen and oxygen atoms in total. The van der Waals surface area contributed by atoms with E-state index in [1.54, 1.807) is 4.90 Å². The Morgan fingerprint density at radius 3 is 2.50 bits per heavy atom. The largest absolute Gasteiger partial charge is 0.342 e. The van der Waals surface area contributed by atoms with Crippen LogP contribution in [0.25, 0.3) is 0 Å². The molecule has 0 aliphatic carbocycles. The van der Waals surface area contributed by atoms with Crippen molar-refractivity contribution in [1.29, 1.82) is 0 Å². The fraction of sp³-hybridized carbons (Fsp3) is 0.429. The second-order valence-electron chi connectivity index (χ2n) is 4.81. The molecule has 1 atom stereocenters. The maximum Gasteiger partial charge on any atom is 0.258 e. The molecule has 1 aromatic rings. The third-order valence-electron chi connectivity index (χ3n) is 3.49. The monoisotopic (exact) mass is 243 g/mol. The Hall–Kier alpha value is -1.84. The van der Waals surface area contributed by atoms with Gasteiger partial charge < -0.3 is 4.90 Å². The summed E-state index contributed by atoms with van der Waals surface area (Å²) in [5.41, 5.74) is 0.914. The molecule has 1 saturated heterocycles. The van der Waals surface area contributed by atoms with Crippen LogP contribution in [0.2, 0.25) is 0 Å². The number of amides is 1. The van der Waals surface area contributed by atoms with Gasteiger partial charge in [-0.05, 0) is 31.9 Å². The van der Waals surface area contributed by atoms with Gasteiger partial charge in [-0.1, -0.05) is 18.2 Å². The summed E-state index contributed by atoms with van der Waals surface area (Å²) in [5, 5.41) is 0. The molecule has 0 spiro atoms. The predicted molar refractivity (Wildman–Crippen MR) is 71.6 cm³/mol. The van der Waals surface area contributed by atoms with Gasteiger partial charge in [-0.25, -0.2) is 9.89 Å². The topological polar surface area (TPSA) is 35.9 Å². The van der Waals surface area contributed by atoms with E-state index < -0.39 is 0 Å². The van der Waals surface area contributed by atoms with Crippen LogP contribution in [0.4, 0.5) is 5.69 Å². The van der Waals surface area contributed by atoms with Crippen LogP contribution >= 0.6 is 0 Å². The van der Waals surface area contributed by atoms with Crippen LogP contribution in [0.1, 0.15) is 19.8 Å². The lowest BCUT2D eigenvalue weighted by atomic mass is 10.2. The second-order valence-corrected chi connectivity index (χ2v) is 4.81. The van der Waals surface area contributed by atoms with Crippen molar-refractivity contribution in [2.75, 3.05) is 18.0 Å². The van der Waals surface area contributed by atoms with Crippen molar-refractivity contribution in [2.45, 2.75) is 25.8 Å². The Morgan fingerprint density at radius 2 is 1.83 bits per heavy atom. The Morgan fingerprint density at radius 1 is 1.17 bits per heavy atom. The summed E-state index contributed by atoms with van der Waals surface area (Å²) in [5.74, 6) is 0.902. The molecule has 2 heterocycles. The number of hydrogen-bond donors (Lipinski definition) is 0. The number of carbonyl (C=O) groups excluding carboxylic acids is 1. The number of para-hydroxylation sites is 1. The molecule has 2 aliphatic heterocycles. The van der Waals surface area contributed by atoms with Crippen molar-refractivity contribution < 1.29 is 4.79 Å². The maximum atomic E-state index is 12.3. The summed E-state index contributed by atoms with van der Waals surface area (Å²) in [6.07, 6.45) is 2.37. The van der Waals surface area contributed by atoms with Crippen LogP contribution < -0.4 is 4.90 Å². The van der Waals surface area contributed by atoms with Gasteiger partial charge in [0.05, 0.1) is 5.69 Å². The van der Waals surface area contributed by atoms with Crippen molar-refractivity contribution in [1.82, 2.24) is 4.90 Å². The van der Waals surface area contributed by atoms with Crippen molar-refractivity contribution in [3.8, 4) is 0 Å². The van der Waals surface area contributed by atoms with Gasteiger partial charge in [0, 0.05) is 13.1 Å². The minimum absolute atomic E-state index is 0.0723. The van der Waals surface area contributed by atoms with Gasteiger partial charge in [0.15, 0.2) is 0 Å². The number of aliphatic imine (C=N–C) groups is 1. The van der Waals surface area contributed by atoms with E-state index in [1.807, 2.05) is 37.3 Å². The number of hydrogen-bond acceptors (Lipinski definition) is 3. The van der Waals surface area contributed by atoms with Crippen LogP contribution in [0, 0.1) is 0 Å². The highest BCUT2D eigenvalue weighted by atomic mass is 16.2. The lowest BCUT2D eigenvalue weighted by Gasteiger charge is -2.25. The highest BCUT2D eigenvalue weighted by molar-refractivity contribution is 6.21. The van der Waals surface area contributed by atoms with Crippen LogP contribution in [-0.2, 0) is 4.79 Å². The SMILES string of the molecule is CC1N=C(N2CCCC2)N(c2ccccc2)C1=O. The molecule has 18 heavy (non-hydrogen) atoms. The molecule has 1 fully saturated rings. The van der Waals surface area contributed by atoms with E-state index in [9.17, 15) is 4.79 Å². The standard InChI is InChI=1S/C14H17N3O/c1-11-13(18)17(12-7-3-2-4-8-12)14(15-11)16-9-5-6-10-16/h2-4,7-8,11H,5-6,9-10H2,1H3. The molecule has 4 heteroatoms. The van der Waals surface area contributed by atoms with Crippen molar-refractivity contribution in [2.24, 2.45) is 4.99 Å². The number of likely N-dealkylation sites (tertiary alicyclic amines) is 1.